The first kappa shape index (κ1) is 17.4. The van der Waals surface area contributed by atoms with Crippen molar-refractivity contribution in [1.82, 2.24) is 0 Å². The number of carbonyl (C=O) groups is 1. The van der Waals surface area contributed by atoms with Gasteiger partial charge >= 0.3 is 0 Å². The molecule has 0 aliphatic carbocycles. The van der Waals surface area contributed by atoms with Gasteiger partial charge in [0.25, 0.3) is 0 Å². The second kappa shape index (κ2) is 9.34. The highest BCUT2D eigenvalue weighted by Gasteiger charge is 2.36. The molecule has 0 heterocycles. The standard InChI is InChI=1S/C19H27NO/c1-3-4-5-6-7-8-12-15-19(16-20,17(2)21)18-13-10-9-11-14-18/h9-11,13-14H,3-8,12,15H2,1-2H3. The molecule has 0 bridgehead atoms. The summed E-state index contributed by atoms with van der Waals surface area (Å²) in [5.41, 5.74) is -0.115. The van der Waals surface area contributed by atoms with Crippen molar-refractivity contribution in [3.8, 4) is 6.07 Å². The second-order valence-electron chi connectivity index (χ2n) is 5.81. The highest BCUT2D eigenvalue weighted by Crippen LogP contribution is 2.31. The van der Waals surface area contributed by atoms with E-state index in [-0.39, 0.29) is 5.78 Å². The second-order valence-corrected chi connectivity index (χ2v) is 5.81. The first-order valence-electron chi connectivity index (χ1n) is 8.15. The Hall–Kier alpha value is -1.62. The Labute approximate surface area is 129 Å². The van der Waals surface area contributed by atoms with Gasteiger partial charge in [-0.05, 0) is 18.9 Å². The number of nitrogens with zero attached hydrogens (tertiary/aromatic N) is 1. The smallest absolute Gasteiger partial charge is 0.154 e. The van der Waals surface area contributed by atoms with Crippen LogP contribution in [-0.4, -0.2) is 5.78 Å². The van der Waals surface area contributed by atoms with E-state index < -0.39 is 5.41 Å². The third kappa shape index (κ3) is 5.01. The van der Waals surface area contributed by atoms with Gasteiger partial charge in [0, 0.05) is 0 Å². The molecular weight excluding hydrogens is 258 g/mol. The number of Topliss-reactive ketones (excluding diaryl/α,β-unsaturated/α-hetero) is 1. The third-order valence-electron chi connectivity index (χ3n) is 4.21. The van der Waals surface area contributed by atoms with Gasteiger partial charge in [0.2, 0.25) is 0 Å². The zero-order valence-corrected chi connectivity index (χ0v) is 13.4. The third-order valence-corrected chi connectivity index (χ3v) is 4.21. The molecule has 0 saturated heterocycles. The van der Waals surface area contributed by atoms with E-state index in [4.69, 9.17) is 0 Å². The number of nitriles is 1. The minimum atomic E-state index is -0.954. The molecule has 0 aliphatic rings. The van der Waals surface area contributed by atoms with E-state index >= 15 is 0 Å². The Balaban J connectivity index is 2.57. The van der Waals surface area contributed by atoms with Gasteiger partial charge in [0.15, 0.2) is 5.78 Å². The van der Waals surface area contributed by atoms with E-state index in [0.717, 1.165) is 18.4 Å². The lowest BCUT2D eigenvalue weighted by Crippen LogP contribution is -2.32. The van der Waals surface area contributed by atoms with Gasteiger partial charge in [-0.2, -0.15) is 5.26 Å². The van der Waals surface area contributed by atoms with Crippen LogP contribution in [0.3, 0.4) is 0 Å². The molecule has 1 rings (SSSR count). The fourth-order valence-corrected chi connectivity index (χ4v) is 2.79. The number of carbonyl (C=O) groups excluding carboxylic acids is 1. The maximum atomic E-state index is 12.1. The fraction of sp³-hybridized carbons (Fsp3) is 0.579. The molecule has 0 saturated carbocycles. The maximum absolute atomic E-state index is 12.1. The molecule has 2 heteroatoms. The zero-order chi connectivity index (χ0) is 15.6. The van der Waals surface area contributed by atoms with E-state index in [1.807, 2.05) is 30.3 Å². The summed E-state index contributed by atoms with van der Waals surface area (Å²) in [6.07, 6.45) is 9.01. The van der Waals surface area contributed by atoms with Crippen molar-refractivity contribution in [1.29, 1.82) is 5.26 Å². The predicted molar refractivity (Wildman–Crippen MR) is 87.0 cm³/mol. The SMILES string of the molecule is CCCCCCCCCC(C#N)(C(C)=O)c1ccccc1. The lowest BCUT2D eigenvalue weighted by atomic mass is 9.74. The van der Waals surface area contributed by atoms with Crippen LogP contribution in [0.4, 0.5) is 0 Å². The number of rotatable bonds is 10. The minimum Gasteiger partial charge on any atom is -0.298 e. The van der Waals surface area contributed by atoms with E-state index in [9.17, 15) is 10.1 Å². The molecule has 1 aromatic carbocycles. The van der Waals surface area contributed by atoms with Crippen LogP contribution in [0, 0.1) is 11.3 Å². The largest absolute Gasteiger partial charge is 0.298 e. The van der Waals surface area contributed by atoms with Crippen molar-refractivity contribution in [2.75, 3.05) is 0 Å². The Bertz CT molecular complexity index is 460. The first-order chi connectivity index (χ1) is 10.2. The Morgan fingerprint density at radius 1 is 1.05 bits per heavy atom. The molecule has 0 fully saturated rings. The van der Waals surface area contributed by atoms with Crippen LogP contribution < -0.4 is 0 Å². The lowest BCUT2D eigenvalue weighted by Gasteiger charge is -2.24. The summed E-state index contributed by atoms with van der Waals surface area (Å²) in [5.74, 6) is -0.0396. The van der Waals surface area contributed by atoms with Gasteiger partial charge in [-0.3, -0.25) is 4.79 Å². The number of unbranched alkanes of at least 4 members (excludes halogenated alkanes) is 6. The van der Waals surface area contributed by atoms with Gasteiger partial charge in [-0.1, -0.05) is 82.2 Å². The lowest BCUT2D eigenvalue weighted by molar-refractivity contribution is -0.120. The van der Waals surface area contributed by atoms with Crippen molar-refractivity contribution in [2.45, 2.75) is 70.6 Å². The Morgan fingerprint density at radius 3 is 2.14 bits per heavy atom. The average molecular weight is 285 g/mol. The molecule has 0 aromatic heterocycles. The summed E-state index contributed by atoms with van der Waals surface area (Å²) in [6.45, 7) is 3.76. The topological polar surface area (TPSA) is 40.9 Å². The highest BCUT2D eigenvalue weighted by atomic mass is 16.1. The summed E-state index contributed by atoms with van der Waals surface area (Å²) in [7, 11) is 0. The van der Waals surface area contributed by atoms with Crippen LogP contribution in [0.25, 0.3) is 0 Å². The monoisotopic (exact) mass is 285 g/mol. The molecule has 114 valence electrons. The minimum absolute atomic E-state index is 0.0396. The molecule has 0 N–H and O–H groups in total. The van der Waals surface area contributed by atoms with Crippen molar-refractivity contribution in [3.05, 3.63) is 35.9 Å². The van der Waals surface area contributed by atoms with Gasteiger partial charge in [-0.15, -0.1) is 0 Å². The highest BCUT2D eigenvalue weighted by molar-refractivity contribution is 5.91. The molecular formula is C19H27NO. The van der Waals surface area contributed by atoms with Crippen molar-refractivity contribution in [2.24, 2.45) is 0 Å². The quantitative estimate of drug-likeness (QED) is 0.556. The van der Waals surface area contributed by atoms with Crippen molar-refractivity contribution < 1.29 is 4.79 Å². The zero-order valence-electron chi connectivity index (χ0n) is 13.4. The van der Waals surface area contributed by atoms with Gasteiger partial charge in [0.05, 0.1) is 6.07 Å². The molecule has 1 unspecified atom stereocenters. The Morgan fingerprint density at radius 2 is 1.62 bits per heavy atom. The normalized spacial score (nSPS) is 13.4. The van der Waals surface area contributed by atoms with Crippen molar-refractivity contribution in [3.63, 3.8) is 0 Å². The Kier molecular flexibility index (Phi) is 7.75. The maximum Gasteiger partial charge on any atom is 0.154 e. The van der Waals surface area contributed by atoms with Gasteiger partial charge < -0.3 is 0 Å². The first-order valence-corrected chi connectivity index (χ1v) is 8.15. The van der Waals surface area contributed by atoms with Crippen LogP contribution in [-0.2, 0) is 10.2 Å². The van der Waals surface area contributed by atoms with Crippen LogP contribution in [0.15, 0.2) is 30.3 Å². The number of hydrogen-bond acceptors (Lipinski definition) is 2. The van der Waals surface area contributed by atoms with Crippen LogP contribution in [0.1, 0.15) is 70.8 Å². The molecule has 0 aliphatic heterocycles. The van der Waals surface area contributed by atoms with Crippen LogP contribution in [0.5, 0.6) is 0 Å². The number of ketones is 1. The summed E-state index contributed by atoms with van der Waals surface area (Å²) in [6, 6.07) is 11.8. The average Bonchev–Trinajstić information content (AvgIpc) is 2.51. The molecule has 2 nitrogen and oxygen atoms in total. The van der Waals surface area contributed by atoms with Gasteiger partial charge in [-0.25, -0.2) is 0 Å². The summed E-state index contributed by atoms with van der Waals surface area (Å²) in [4.78, 5) is 12.1. The van der Waals surface area contributed by atoms with E-state index in [1.165, 1.54) is 39.0 Å². The molecule has 0 radical (unpaired) electrons. The summed E-state index contributed by atoms with van der Waals surface area (Å²) < 4.78 is 0. The van der Waals surface area contributed by atoms with Crippen molar-refractivity contribution >= 4 is 5.78 Å². The van der Waals surface area contributed by atoms with E-state index in [0.29, 0.717) is 6.42 Å². The fourth-order valence-electron chi connectivity index (χ4n) is 2.79. The summed E-state index contributed by atoms with van der Waals surface area (Å²) >= 11 is 0. The molecule has 1 aromatic rings. The molecule has 0 amide bonds. The van der Waals surface area contributed by atoms with E-state index in [1.54, 1.807) is 0 Å². The van der Waals surface area contributed by atoms with Crippen LogP contribution >= 0.6 is 0 Å². The predicted octanol–water partition coefficient (Wildman–Crippen LogP) is 5.18. The number of hydrogen-bond donors (Lipinski definition) is 0. The number of benzene rings is 1. The molecule has 1 atom stereocenters. The molecule has 21 heavy (non-hydrogen) atoms. The van der Waals surface area contributed by atoms with Crippen LogP contribution in [0.2, 0.25) is 0 Å². The summed E-state index contributed by atoms with van der Waals surface area (Å²) in [5, 5.41) is 9.60. The van der Waals surface area contributed by atoms with Gasteiger partial charge in [0.1, 0.15) is 5.41 Å². The molecule has 0 spiro atoms. The van der Waals surface area contributed by atoms with E-state index in [2.05, 4.69) is 13.0 Å².